The summed E-state index contributed by atoms with van der Waals surface area (Å²) in [6.45, 7) is 1.98. The first kappa shape index (κ1) is 18.6. The van der Waals surface area contributed by atoms with E-state index < -0.39 is 12.0 Å². The van der Waals surface area contributed by atoms with Gasteiger partial charge in [0.15, 0.2) is 11.5 Å². The summed E-state index contributed by atoms with van der Waals surface area (Å²) in [5.41, 5.74) is 1.99. The number of hydrogen-bond donors (Lipinski definition) is 1. The van der Waals surface area contributed by atoms with E-state index in [9.17, 15) is 9.59 Å². The monoisotopic (exact) mass is 422 g/mol. The largest absolute Gasteiger partial charge is 0.454 e. The van der Waals surface area contributed by atoms with Gasteiger partial charge < -0.3 is 14.4 Å². The average Bonchev–Trinajstić information content (AvgIpc) is 3.38. The Bertz CT molecular complexity index is 1160. The van der Waals surface area contributed by atoms with Crippen molar-refractivity contribution in [3.8, 4) is 11.5 Å². The molecular formula is C21H18N4O4S. The van der Waals surface area contributed by atoms with Crippen molar-refractivity contribution in [1.29, 1.82) is 0 Å². The number of carbonyl (C=O) groups excluding carboxylic acids is 2. The van der Waals surface area contributed by atoms with Crippen LogP contribution in [-0.4, -0.2) is 40.8 Å². The number of nitrogens with one attached hydrogen (secondary N) is 1. The first-order valence-electron chi connectivity index (χ1n) is 9.39. The molecule has 2 atom stereocenters. The summed E-state index contributed by atoms with van der Waals surface area (Å²) in [5.74, 6) is 0.235. The van der Waals surface area contributed by atoms with Gasteiger partial charge in [-0.2, -0.15) is 0 Å². The number of rotatable bonds is 3. The predicted octanol–water partition coefficient (Wildman–Crippen LogP) is 3.12. The number of amides is 2. The average molecular weight is 422 g/mol. The molecule has 2 amide bonds. The molecule has 1 aromatic heterocycles. The molecule has 2 aliphatic heterocycles. The summed E-state index contributed by atoms with van der Waals surface area (Å²) in [7, 11) is 1.71. The van der Waals surface area contributed by atoms with Crippen molar-refractivity contribution in [2.45, 2.75) is 18.9 Å². The van der Waals surface area contributed by atoms with E-state index in [4.69, 9.17) is 9.47 Å². The van der Waals surface area contributed by atoms with Gasteiger partial charge in [0.2, 0.25) is 17.8 Å². The highest BCUT2D eigenvalue weighted by molar-refractivity contribution is 7.15. The van der Waals surface area contributed by atoms with Crippen molar-refractivity contribution >= 4 is 28.3 Å². The van der Waals surface area contributed by atoms with Crippen LogP contribution in [0.4, 0.5) is 5.13 Å². The van der Waals surface area contributed by atoms with E-state index in [1.165, 1.54) is 11.3 Å². The van der Waals surface area contributed by atoms with Gasteiger partial charge in [-0.1, -0.05) is 35.6 Å². The number of aryl methyl sites for hydroxylation is 1. The molecule has 3 aromatic rings. The molecule has 0 saturated heterocycles. The molecule has 0 fully saturated rings. The van der Waals surface area contributed by atoms with Gasteiger partial charge in [0.05, 0.1) is 12.0 Å². The summed E-state index contributed by atoms with van der Waals surface area (Å²) in [4.78, 5) is 28.1. The molecule has 3 heterocycles. The molecule has 0 spiro atoms. The van der Waals surface area contributed by atoms with Gasteiger partial charge in [0.25, 0.3) is 5.91 Å². The number of carbonyl (C=O) groups is 2. The molecule has 30 heavy (non-hydrogen) atoms. The molecule has 2 aliphatic rings. The minimum Gasteiger partial charge on any atom is -0.454 e. The first-order valence-corrected chi connectivity index (χ1v) is 10.2. The molecule has 0 saturated carbocycles. The zero-order chi connectivity index (χ0) is 20.8. The van der Waals surface area contributed by atoms with E-state index in [0.717, 1.165) is 10.6 Å². The second-order valence-corrected chi connectivity index (χ2v) is 8.34. The molecule has 8 nitrogen and oxygen atoms in total. The first-order chi connectivity index (χ1) is 14.5. The Balaban J connectivity index is 1.61. The Morgan fingerprint density at radius 3 is 2.77 bits per heavy atom. The second kappa shape index (κ2) is 7.10. The third-order valence-electron chi connectivity index (χ3n) is 5.36. The van der Waals surface area contributed by atoms with E-state index in [-0.39, 0.29) is 18.6 Å². The molecule has 152 valence electrons. The van der Waals surface area contributed by atoms with Crippen molar-refractivity contribution in [3.05, 3.63) is 64.2 Å². The van der Waals surface area contributed by atoms with E-state index in [1.54, 1.807) is 30.1 Å². The molecule has 1 N–H and O–H groups in total. The van der Waals surface area contributed by atoms with Crippen LogP contribution in [0.3, 0.4) is 0 Å². The lowest BCUT2D eigenvalue weighted by molar-refractivity contribution is -0.119. The minimum absolute atomic E-state index is 0.135. The zero-order valence-corrected chi connectivity index (χ0v) is 17.1. The van der Waals surface area contributed by atoms with Crippen LogP contribution in [0, 0.1) is 6.92 Å². The maximum absolute atomic E-state index is 13.4. The smallest absolute Gasteiger partial charge is 0.254 e. The van der Waals surface area contributed by atoms with Crippen molar-refractivity contribution in [1.82, 2.24) is 15.1 Å². The molecule has 9 heteroatoms. The fraction of sp³-hybridized carbons (Fsp3) is 0.238. The molecule has 5 rings (SSSR count). The molecular weight excluding hydrogens is 404 g/mol. The molecule has 0 radical (unpaired) electrons. The number of ether oxygens (including phenoxy) is 2. The van der Waals surface area contributed by atoms with E-state index >= 15 is 0 Å². The molecule has 2 aromatic carbocycles. The number of anilines is 1. The Hall–Kier alpha value is -3.46. The van der Waals surface area contributed by atoms with Crippen LogP contribution in [0.15, 0.2) is 42.5 Å². The summed E-state index contributed by atoms with van der Waals surface area (Å²) in [6.07, 6.45) is 0. The van der Waals surface area contributed by atoms with Gasteiger partial charge in [-0.15, -0.1) is 10.2 Å². The number of aromatic nitrogens is 2. The van der Waals surface area contributed by atoms with Gasteiger partial charge in [0.1, 0.15) is 5.01 Å². The van der Waals surface area contributed by atoms with Gasteiger partial charge >= 0.3 is 0 Å². The third kappa shape index (κ3) is 2.98. The Morgan fingerprint density at radius 2 is 1.97 bits per heavy atom. The fourth-order valence-electron chi connectivity index (χ4n) is 4.00. The highest BCUT2D eigenvalue weighted by Gasteiger charge is 2.43. The lowest BCUT2D eigenvalue weighted by atomic mass is 9.79. The number of hydrogen-bond acceptors (Lipinski definition) is 7. The Morgan fingerprint density at radius 1 is 1.17 bits per heavy atom. The number of likely N-dealkylation sites (N-methyl/N-ethyl adjacent to an activating group) is 1. The van der Waals surface area contributed by atoms with Crippen LogP contribution >= 0.6 is 11.3 Å². The van der Waals surface area contributed by atoms with Gasteiger partial charge in [-0.3, -0.25) is 14.9 Å². The lowest BCUT2D eigenvalue weighted by Gasteiger charge is -2.39. The SMILES string of the molecule is Cc1nnc(NC(=O)[C@H]2c3ccccc3C(=O)N(C)[C@@H]2c2ccc3c(c2)OCO3)s1. The van der Waals surface area contributed by atoms with Crippen LogP contribution in [-0.2, 0) is 4.79 Å². The van der Waals surface area contributed by atoms with Crippen molar-refractivity contribution in [2.75, 3.05) is 19.2 Å². The summed E-state index contributed by atoms with van der Waals surface area (Å²) in [5, 5.41) is 12.0. The Kier molecular flexibility index (Phi) is 4.39. The normalized spacial score (nSPS) is 19.5. The van der Waals surface area contributed by atoms with Crippen molar-refractivity contribution < 1.29 is 19.1 Å². The zero-order valence-electron chi connectivity index (χ0n) is 16.3. The highest BCUT2D eigenvalue weighted by Crippen LogP contribution is 2.45. The van der Waals surface area contributed by atoms with Crippen LogP contribution in [0.1, 0.15) is 38.5 Å². The maximum Gasteiger partial charge on any atom is 0.254 e. The summed E-state index contributed by atoms with van der Waals surface area (Å²) in [6, 6.07) is 12.2. The quantitative estimate of drug-likeness (QED) is 0.697. The number of benzene rings is 2. The highest BCUT2D eigenvalue weighted by atomic mass is 32.1. The van der Waals surface area contributed by atoms with E-state index in [1.807, 2.05) is 31.2 Å². The van der Waals surface area contributed by atoms with Crippen LogP contribution < -0.4 is 14.8 Å². The van der Waals surface area contributed by atoms with Crippen LogP contribution in [0.25, 0.3) is 0 Å². The minimum atomic E-state index is -0.631. The Labute approximate surface area is 176 Å². The van der Waals surface area contributed by atoms with Gasteiger partial charge in [-0.25, -0.2) is 0 Å². The number of nitrogens with zero attached hydrogens (tertiary/aromatic N) is 3. The standard InChI is InChI=1S/C21H18N4O4S/c1-11-23-24-21(30-11)22-19(26)17-13-5-3-4-6-14(13)20(27)25(2)18(17)12-7-8-15-16(9-12)29-10-28-15/h3-9,17-18H,10H2,1-2H3,(H,22,24,26)/t17-,18+/m0/s1. The van der Waals surface area contributed by atoms with E-state index in [2.05, 4.69) is 15.5 Å². The topological polar surface area (TPSA) is 93.7 Å². The molecule has 0 bridgehead atoms. The van der Waals surface area contributed by atoms with Crippen molar-refractivity contribution in [3.63, 3.8) is 0 Å². The number of fused-ring (bicyclic) bond motifs is 2. The van der Waals surface area contributed by atoms with Crippen LogP contribution in [0.2, 0.25) is 0 Å². The fourth-order valence-corrected chi connectivity index (χ4v) is 4.60. The summed E-state index contributed by atoms with van der Waals surface area (Å²) >= 11 is 1.30. The van der Waals surface area contributed by atoms with Gasteiger partial charge in [-0.05, 0) is 36.2 Å². The van der Waals surface area contributed by atoms with Gasteiger partial charge in [0, 0.05) is 12.6 Å². The van der Waals surface area contributed by atoms with E-state index in [0.29, 0.717) is 27.8 Å². The van der Waals surface area contributed by atoms with Crippen LogP contribution in [0.5, 0.6) is 11.5 Å². The molecule has 0 unspecified atom stereocenters. The lowest BCUT2D eigenvalue weighted by Crippen LogP contribution is -2.44. The second-order valence-electron chi connectivity index (χ2n) is 7.15. The summed E-state index contributed by atoms with van der Waals surface area (Å²) < 4.78 is 10.9. The van der Waals surface area contributed by atoms with Crippen molar-refractivity contribution in [2.24, 2.45) is 0 Å². The molecule has 0 aliphatic carbocycles. The maximum atomic E-state index is 13.4. The third-order valence-corrected chi connectivity index (χ3v) is 6.11. The predicted molar refractivity (Wildman–Crippen MR) is 110 cm³/mol.